The van der Waals surface area contributed by atoms with Gasteiger partial charge in [-0.1, -0.05) is 29.8 Å². The lowest BCUT2D eigenvalue weighted by atomic mass is 9.96. The van der Waals surface area contributed by atoms with Crippen LogP contribution in [0.5, 0.6) is 0 Å². The largest absolute Gasteiger partial charge is 0.392 e. The second kappa shape index (κ2) is 4.37. The molecule has 76 valence electrons. The van der Waals surface area contributed by atoms with E-state index >= 15 is 0 Å². The first-order valence-corrected chi connectivity index (χ1v) is 6.22. The van der Waals surface area contributed by atoms with Crippen LogP contribution in [0.1, 0.15) is 11.1 Å². The minimum absolute atomic E-state index is 0.0967. The standard InChI is InChI=1S/C12H16OS/c1-9-3-2-4-10(5-9)6-11-7-14-8-12(11)13/h2-5,11-13H,6-8H2,1H3. The summed E-state index contributed by atoms with van der Waals surface area (Å²) >= 11 is 1.86. The summed E-state index contributed by atoms with van der Waals surface area (Å²) in [4.78, 5) is 0. The van der Waals surface area contributed by atoms with Crippen molar-refractivity contribution in [1.82, 2.24) is 0 Å². The van der Waals surface area contributed by atoms with Gasteiger partial charge in [-0.05, 0) is 30.6 Å². The Hall–Kier alpha value is -0.470. The molecule has 1 aliphatic rings. The Morgan fingerprint density at radius 1 is 1.43 bits per heavy atom. The van der Waals surface area contributed by atoms with E-state index in [2.05, 4.69) is 31.2 Å². The van der Waals surface area contributed by atoms with E-state index < -0.39 is 0 Å². The van der Waals surface area contributed by atoms with Gasteiger partial charge in [0.15, 0.2) is 0 Å². The molecule has 0 saturated carbocycles. The minimum atomic E-state index is -0.0967. The zero-order valence-corrected chi connectivity index (χ0v) is 9.26. The van der Waals surface area contributed by atoms with E-state index in [0.29, 0.717) is 5.92 Å². The average Bonchev–Trinajstić information content (AvgIpc) is 2.52. The lowest BCUT2D eigenvalue weighted by molar-refractivity contribution is 0.150. The van der Waals surface area contributed by atoms with Gasteiger partial charge in [0.1, 0.15) is 0 Å². The van der Waals surface area contributed by atoms with Crippen molar-refractivity contribution in [2.75, 3.05) is 11.5 Å². The van der Waals surface area contributed by atoms with E-state index in [1.807, 2.05) is 11.8 Å². The van der Waals surface area contributed by atoms with Crippen LogP contribution in [0.25, 0.3) is 0 Å². The molecule has 1 nitrogen and oxygen atoms in total. The fourth-order valence-corrected chi connectivity index (χ4v) is 3.22. The summed E-state index contributed by atoms with van der Waals surface area (Å²) in [5.74, 6) is 2.48. The Balaban J connectivity index is 2.03. The number of aliphatic hydroxyl groups excluding tert-OH is 1. The van der Waals surface area contributed by atoms with Gasteiger partial charge in [-0.2, -0.15) is 11.8 Å². The number of thioether (sulfide) groups is 1. The third-order valence-electron chi connectivity index (χ3n) is 2.75. The average molecular weight is 208 g/mol. The Labute approximate surface area is 89.5 Å². The molecule has 1 aromatic rings. The van der Waals surface area contributed by atoms with Gasteiger partial charge in [0.05, 0.1) is 6.10 Å². The summed E-state index contributed by atoms with van der Waals surface area (Å²) in [5, 5.41) is 9.70. The van der Waals surface area contributed by atoms with Crippen molar-refractivity contribution in [3.8, 4) is 0 Å². The molecule has 1 fully saturated rings. The molecular formula is C12H16OS. The van der Waals surface area contributed by atoms with Gasteiger partial charge in [0.25, 0.3) is 0 Å². The summed E-state index contributed by atoms with van der Waals surface area (Å²) < 4.78 is 0. The zero-order valence-electron chi connectivity index (χ0n) is 8.44. The Morgan fingerprint density at radius 3 is 2.93 bits per heavy atom. The van der Waals surface area contributed by atoms with Gasteiger partial charge in [-0.3, -0.25) is 0 Å². The second-order valence-electron chi connectivity index (χ2n) is 4.06. The minimum Gasteiger partial charge on any atom is -0.392 e. The summed E-state index contributed by atoms with van der Waals surface area (Å²) in [6.07, 6.45) is 0.927. The molecule has 1 aromatic carbocycles. The Bertz CT molecular complexity index is 311. The number of benzene rings is 1. The molecule has 0 bridgehead atoms. The van der Waals surface area contributed by atoms with E-state index in [9.17, 15) is 5.11 Å². The zero-order chi connectivity index (χ0) is 9.97. The topological polar surface area (TPSA) is 20.2 Å². The fourth-order valence-electron chi connectivity index (χ4n) is 1.92. The molecule has 2 heteroatoms. The van der Waals surface area contributed by atoms with Gasteiger partial charge in [-0.25, -0.2) is 0 Å². The first-order valence-electron chi connectivity index (χ1n) is 5.07. The van der Waals surface area contributed by atoms with Gasteiger partial charge in [0.2, 0.25) is 0 Å². The molecule has 1 saturated heterocycles. The molecule has 1 aliphatic heterocycles. The normalized spacial score (nSPS) is 26.7. The second-order valence-corrected chi connectivity index (χ2v) is 5.13. The van der Waals surface area contributed by atoms with Crippen LogP contribution < -0.4 is 0 Å². The third-order valence-corrected chi connectivity index (χ3v) is 3.99. The lowest BCUT2D eigenvalue weighted by Crippen LogP contribution is -2.19. The van der Waals surface area contributed by atoms with Crippen molar-refractivity contribution in [3.63, 3.8) is 0 Å². The molecule has 1 heterocycles. The van der Waals surface area contributed by atoms with Crippen LogP contribution in [0.4, 0.5) is 0 Å². The van der Waals surface area contributed by atoms with Gasteiger partial charge in [0, 0.05) is 5.75 Å². The van der Waals surface area contributed by atoms with Gasteiger partial charge in [-0.15, -0.1) is 0 Å². The highest BCUT2D eigenvalue weighted by Crippen LogP contribution is 2.27. The number of aliphatic hydroxyl groups is 1. The summed E-state index contributed by atoms with van der Waals surface area (Å²) in [6.45, 7) is 2.11. The van der Waals surface area contributed by atoms with Crippen LogP contribution in [0.15, 0.2) is 24.3 Å². The summed E-state index contributed by atoms with van der Waals surface area (Å²) in [6, 6.07) is 8.58. The molecule has 0 spiro atoms. The molecule has 0 aliphatic carbocycles. The maximum Gasteiger partial charge on any atom is 0.0669 e. The van der Waals surface area contributed by atoms with Crippen LogP contribution in [-0.2, 0) is 6.42 Å². The van der Waals surface area contributed by atoms with E-state index in [4.69, 9.17) is 0 Å². The van der Waals surface area contributed by atoms with Crippen LogP contribution >= 0.6 is 11.8 Å². The van der Waals surface area contributed by atoms with Crippen LogP contribution in [0.2, 0.25) is 0 Å². The molecular weight excluding hydrogens is 192 g/mol. The lowest BCUT2D eigenvalue weighted by Gasteiger charge is -2.13. The smallest absolute Gasteiger partial charge is 0.0669 e. The molecule has 2 unspecified atom stereocenters. The maximum absolute atomic E-state index is 9.70. The molecule has 0 radical (unpaired) electrons. The first kappa shape index (κ1) is 10.1. The van der Waals surface area contributed by atoms with Crippen molar-refractivity contribution in [1.29, 1.82) is 0 Å². The van der Waals surface area contributed by atoms with E-state index in [1.165, 1.54) is 11.1 Å². The quantitative estimate of drug-likeness (QED) is 0.804. The van der Waals surface area contributed by atoms with Crippen molar-refractivity contribution < 1.29 is 5.11 Å². The van der Waals surface area contributed by atoms with Crippen molar-refractivity contribution >= 4 is 11.8 Å². The van der Waals surface area contributed by atoms with Crippen molar-refractivity contribution in [2.45, 2.75) is 19.4 Å². The maximum atomic E-state index is 9.70. The summed E-state index contributed by atoms with van der Waals surface area (Å²) in [7, 11) is 0. The number of aryl methyl sites for hydroxylation is 1. The van der Waals surface area contributed by atoms with Crippen LogP contribution in [0, 0.1) is 12.8 Å². The molecule has 2 atom stereocenters. The van der Waals surface area contributed by atoms with Crippen LogP contribution in [0.3, 0.4) is 0 Å². The molecule has 14 heavy (non-hydrogen) atoms. The highest BCUT2D eigenvalue weighted by Gasteiger charge is 2.25. The first-order chi connectivity index (χ1) is 6.75. The predicted octanol–water partition coefficient (Wildman–Crippen LogP) is 2.26. The van der Waals surface area contributed by atoms with Crippen LogP contribution in [-0.4, -0.2) is 22.7 Å². The SMILES string of the molecule is Cc1cccc(CC2CSCC2O)c1. The van der Waals surface area contributed by atoms with E-state index in [-0.39, 0.29) is 6.10 Å². The summed E-state index contributed by atoms with van der Waals surface area (Å²) in [5.41, 5.74) is 2.67. The highest BCUT2D eigenvalue weighted by molar-refractivity contribution is 7.99. The number of hydrogen-bond donors (Lipinski definition) is 1. The molecule has 1 N–H and O–H groups in total. The fraction of sp³-hybridized carbons (Fsp3) is 0.500. The number of hydrogen-bond acceptors (Lipinski definition) is 2. The molecule has 0 amide bonds. The third kappa shape index (κ3) is 2.31. The predicted molar refractivity (Wildman–Crippen MR) is 61.7 cm³/mol. The van der Waals surface area contributed by atoms with E-state index in [1.54, 1.807) is 0 Å². The molecule has 0 aromatic heterocycles. The van der Waals surface area contributed by atoms with Crippen molar-refractivity contribution in [2.24, 2.45) is 5.92 Å². The monoisotopic (exact) mass is 208 g/mol. The number of rotatable bonds is 2. The van der Waals surface area contributed by atoms with E-state index in [0.717, 1.165) is 17.9 Å². The molecule has 2 rings (SSSR count). The Morgan fingerprint density at radius 2 is 2.29 bits per heavy atom. The highest BCUT2D eigenvalue weighted by atomic mass is 32.2. The van der Waals surface area contributed by atoms with Crippen molar-refractivity contribution in [3.05, 3.63) is 35.4 Å². The van der Waals surface area contributed by atoms with Gasteiger partial charge >= 0.3 is 0 Å². The van der Waals surface area contributed by atoms with Gasteiger partial charge < -0.3 is 5.11 Å². The Kier molecular flexibility index (Phi) is 3.14.